The van der Waals surface area contributed by atoms with Crippen LogP contribution in [0.3, 0.4) is 0 Å². The highest BCUT2D eigenvalue weighted by Crippen LogP contribution is 2.20. The molecule has 0 fully saturated rings. The molecule has 3 aromatic rings. The smallest absolute Gasteiger partial charge is 0.261 e. The number of hydrogen-bond donors (Lipinski definition) is 3. The van der Waals surface area contributed by atoms with Gasteiger partial charge in [0.15, 0.2) is 0 Å². The Morgan fingerprint density at radius 3 is 2.43 bits per heavy atom. The third-order valence-corrected chi connectivity index (χ3v) is 5.53. The van der Waals surface area contributed by atoms with Crippen LogP contribution in [-0.4, -0.2) is 26.0 Å². The van der Waals surface area contributed by atoms with E-state index in [1.807, 2.05) is 19.1 Å². The second kappa shape index (κ2) is 8.28. The van der Waals surface area contributed by atoms with Gasteiger partial charge in [0.05, 0.1) is 23.4 Å². The van der Waals surface area contributed by atoms with Gasteiger partial charge in [0.1, 0.15) is 11.9 Å². The molecule has 3 N–H and O–H groups in total. The van der Waals surface area contributed by atoms with E-state index in [2.05, 4.69) is 10.0 Å². The van der Waals surface area contributed by atoms with E-state index >= 15 is 0 Å². The first-order valence-corrected chi connectivity index (χ1v) is 10.0. The van der Waals surface area contributed by atoms with Crippen LogP contribution in [0.15, 0.2) is 76.2 Å². The Morgan fingerprint density at radius 2 is 1.79 bits per heavy atom. The molecule has 0 aliphatic rings. The lowest BCUT2D eigenvalue weighted by Crippen LogP contribution is -2.28. The molecule has 3 rings (SSSR count). The molecule has 7 nitrogen and oxygen atoms in total. The Bertz CT molecular complexity index is 1040. The minimum atomic E-state index is -3.77. The van der Waals surface area contributed by atoms with Crippen LogP contribution in [0, 0.1) is 6.92 Å². The zero-order valence-electron chi connectivity index (χ0n) is 15.1. The van der Waals surface area contributed by atoms with Crippen LogP contribution in [-0.2, 0) is 10.0 Å². The van der Waals surface area contributed by atoms with Crippen LogP contribution in [0.5, 0.6) is 0 Å². The number of rotatable bonds is 7. The van der Waals surface area contributed by atoms with Crippen LogP contribution in [0.25, 0.3) is 0 Å². The molecule has 1 amide bonds. The molecule has 1 atom stereocenters. The largest absolute Gasteiger partial charge is 0.467 e. The van der Waals surface area contributed by atoms with Gasteiger partial charge < -0.3 is 14.8 Å². The fraction of sp³-hybridized carbons (Fsp3) is 0.150. The molecule has 0 aliphatic heterocycles. The van der Waals surface area contributed by atoms with E-state index in [1.54, 1.807) is 24.3 Å². The molecule has 0 spiro atoms. The van der Waals surface area contributed by atoms with Crippen LogP contribution < -0.4 is 10.0 Å². The first-order valence-electron chi connectivity index (χ1n) is 8.55. The van der Waals surface area contributed by atoms with E-state index < -0.39 is 22.0 Å². The summed E-state index contributed by atoms with van der Waals surface area (Å²) < 4.78 is 32.7. The summed E-state index contributed by atoms with van der Waals surface area (Å²) in [6, 6.07) is 15.9. The number of carbonyl (C=O) groups is 1. The fourth-order valence-electron chi connectivity index (χ4n) is 2.55. The molecule has 1 aromatic heterocycles. The standard InChI is InChI=1S/C20H20N2O5S/c1-14-5-2-3-6-17(14)22-28(25,26)16-10-8-15(9-11-16)20(24)21-13-18(23)19-7-4-12-27-19/h2-12,18,22-23H,13H2,1H3,(H,21,24). The summed E-state index contributed by atoms with van der Waals surface area (Å²) in [4.78, 5) is 12.2. The molecule has 0 saturated heterocycles. The molecular formula is C20H20N2O5S. The Hall–Kier alpha value is -3.10. The van der Waals surface area contributed by atoms with Gasteiger partial charge in [-0.2, -0.15) is 0 Å². The number of amides is 1. The highest BCUT2D eigenvalue weighted by Gasteiger charge is 2.17. The van der Waals surface area contributed by atoms with Gasteiger partial charge in [-0.25, -0.2) is 8.42 Å². The molecule has 0 saturated carbocycles. The normalized spacial score (nSPS) is 12.4. The van der Waals surface area contributed by atoms with E-state index in [0.717, 1.165) is 5.56 Å². The molecule has 28 heavy (non-hydrogen) atoms. The average molecular weight is 400 g/mol. The molecule has 8 heteroatoms. The van der Waals surface area contributed by atoms with Gasteiger partial charge in [-0.15, -0.1) is 0 Å². The minimum Gasteiger partial charge on any atom is -0.467 e. The van der Waals surface area contributed by atoms with Crippen molar-refractivity contribution in [2.24, 2.45) is 0 Å². The molecule has 1 heterocycles. The number of benzene rings is 2. The van der Waals surface area contributed by atoms with E-state index in [-0.39, 0.29) is 17.0 Å². The van der Waals surface area contributed by atoms with Crippen molar-refractivity contribution in [2.75, 3.05) is 11.3 Å². The first-order chi connectivity index (χ1) is 13.4. The summed E-state index contributed by atoms with van der Waals surface area (Å²) >= 11 is 0. The van der Waals surface area contributed by atoms with Crippen molar-refractivity contribution in [1.82, 2.24) is 5.32 Å². The number of furan rings is 1. The number of para-hydroxylation sites is 1. The highest BCUT2D eigenvalue weighted by atomic mass is 32.2. The quantitative estimate of drug-likeness (QED) is 0.565. The third kappa shape index (κ3) is 4.59. The number of aryl methyl sites for hydroxylation is 1. The zero-order valence-corrected chi connectivity index (χ0v) is 15.9. The van der Waals surface area contributed by atoms with Gasteiger partial charge in [-0.05, 0) is 55.0 Å². The number of aliphatic hydroxyl groups is 1. The van der Waals surface area contributed by atoms with E-state index in [1.165, 1.54) is 30.5 Å². The van der Waals surface area contributed by atoms with Gasteiger partial charge in [-0.3, -0.25) is 9.52 Å². The maximum absolute atomic E-state index is 12.5. The zero-order chi connectivity index (χ0) is 20.1. The van der Waals surface area contributed by atoms with Crippen molar-refractivity contribution in [1.29, 1.82) is 0 Å². The lowest BCUT2D eigenvalue weighted by Gasteiger charge is -2.12. The summed E-state index contributed by atoms with van der Waals surface area (Å²) in [5.74, 6) is -0.0783. The van der Waals surface area contributed by atoms with Gasteiger partial charge in [0.2, 0.25) is 0 Å². The Labute approximate surface area is 163 Å². The van der Waals surface area contributed by atoms with Crippen LogP contribution in [0.2, 0.25) is 0 Å². The predicted molar refractivity (Wildman–Crippen MR) is 104 cm³/mol. The van der Waals surface area contributed by atoms with E-state index in [0.29, 0.717) is 11.4 Å². The predicted octanol–water partition coefficient (Wildman–Crippen LogP) is 2.85. The van der Waals surface area contributed by atoms with Gasteiger partial charge in [0.25, 0.3) is 15.9 Å². The van der Waals surface area contributed by atoms with E-state index in [9.17, 15) is 18.3 Å². The average Bonchev–Trinajstić information content (AvgIpc) is 3.22. The summed E-state index contributed by atoms with van der Waals surface area (Å²) in [6.07, 6.45) is 0.474. The second-order valence-corrected chi connectivity index (χ2v) is 7.87. The summed E-state index contributed by atoms with van der Waals surface area (Å²) in [7, 11) is -3.77. The fourth-order valence-corrected chi connectivity index (χ4v) is 3.68. The summed E-state index contributed by atoms with van der Waals surface area (Å²) in [5, 5.41) is 12.5. The SMILES string of the molecule is Cc1ccccc1NS(=O)(=O)c1ccc(C(=O)NCC(O)c2ccco2)cc1. The second-order valence-electron chi connectivity index (χ2n) is 6.19. The topological polar surface area (TPSA) is 109 Å². The van der Waals surface area contributed by atoms with Crippen molar-refractivity contribution in [2.45, 2.75) is 17.9 Å². The maximum Gasteiger partial charge on any atom is 0.261 e. The Kier molecular flexibility index (Phi) is 5.81. The minimum absolute atomic E-state index is 0.0266. The monoisotopic (exact) mass is 400 g/mol. The van der Waals surface area contributed by atoms with Crippen LogP contribution in [0.1, 0.15) is 27.8 Å². The number of sulfonamides is 1. The van der Waals surface area contributed by atoms with Crippen molar-refractivity contribution in [3.05, 3.63) is 83.8 Å². The lowest BCUT2D eigenvalue weighted by atomic mass is 10.2. The van der Waals surface area contributed by atoms with Crippen molar-refractivity contribution >= 4 is 21.6 Å². The number of nitrogens with one attached hydrogen (secondary N) is 2. The molecule has 146 valence electrons. The number of hydrogen-bond acceptors (Lipinski definition) is 5. The molecule has 0 bridgehead atoms. The van der Waals surface area contributed by atoms with Gasteiger partial charge in [0, 0.05) is 5.56 Å². The summed E-state index contributed by atoms with van der Waals surface area (Å²) in [5.41, 5.74) is 1.58. The van der Waals surface area contributed by atoms with E-state index in [4.69, 9.17) is 4.42 Å². The molecule has 0 aliphatic carbocycles. The van der Waals surface area contributed by atoms with Gasteiger partial charge >= 0.3 is 0 Å². The number of carbonyl (C=O) groups excluding carboxylic acids is 1. The number of anilines is 1. The van der Waals surface area contributed by atoms with Crippen LogP contribution >= 0.6 is 0 Å². The molecule has 0 radical (unpaired) electrons. The molecular weight excluding hydrogens is 380 g/mol. The third-order valence-electron chi connectivity index (χ3n) is 4.14. The lowest BCUT2D eigenvalue weighted by molar-refractivity contribution is 0.0901. The van der Waals surface area contributed by atoms with Crippen molar-refractivity contribution < 1.29 is 22.7 Å². The Balaban J connectivity index is 1.65. The summed E-state index contributed by atoms with van der Waals surface area (Å²) in [6.45, 7) is 1.78. The number of aliphatic hydroxyl groups excluding tert-OH is 1. The maximum atomic E-state index is 12.5. The van der Waals surface area contributed by atoms with Crippen molar-refractivity contribution in [3.8, 4) is 0 Å². The Morgan fingerprint density at radius 1 is 1.07 bits per heavy atom. The molecule has 2 aromatic carbocycles. The van der Waals surface area contributed by atoms with Crippen molar-refractivity contribution in [3.63, 3.8) is 0 Å². The first kappa shape index (κ1) is 19.7. The van der Waals surface area contributed by atoms with Crippen LogP contribution in [0.4, 0.5) is 5.69 Å². The van der Waals surface area contributed by atoms with Gasteiger partial charge in [-0.1, -0.05) is 18.2 Å². The highest BCUT2D eigenvalue weighted by molar-refractivity contribution is 7.92. The molecule has 1 unspecified atom stereocenters.